The molecule has 0 bridgehead atoms. The molecule has 1 aliphatic rings. The van der Waals surface area contributed by atoms with Gasteiger partial charge in [0.1, 0.15) is 6.04 Å². The average molecular weight is 651 g/mol. The van der Waals surface area contributed by atoms with Gasteiger partial charge >= 0.3 is 0 Å². The van der Waals surface area contributed by atoms with Gasteiger partial charge < -0.3 is 26.3 Å². The molecule has 2 aromatic carbocycles. The largest absolute Gasteiger partial charge is 0.353 e. The number of benzene rings is 2. The summed E-state index contributed by atoms with van der Waals surface area (Å²) in [7, 11) is 0. The lowest BCUT2D eigenvalue weighted by atomic mass is 10.1. The Labute approximate surface area is 272 Å². The number of hydrogen-bond donors (Lipinski definition) is 4. The van der Waals surface area contributed by atoms with E-state index >= 15 is 0 Å². The van der Waals surface area contributed by atoms with Crippen LogP contribution in [-0.2, 0) is 29.1 Å². The molecule has 3 heterocycles. The first-order valence-corrected chi connectivity index (χ1v) is 15.8. The third-order valence-corrected chi connectivity index (χ3v) is 8.61. The lowest BCUT2D eigenvalue weighted by Crippen LogP contribution is -2.51. The van der Waals surface area contributed by atoms with Gasteiger partial charge in [-0.05, 0) is 73.5 Å². The minimum absolute atomic E-state index is 0.265. The number of nitrogens with zero attached hydrogens (tertiary/aromatic N) is 3. The fourth-order valence-electron chi connectivity index (χ4n) is 5.59. The molecule has 236 valence electrons. The summed E-state index contributed by atoms with van der Waals surface area (Å²) in [4.78, 5) is 45.3. The Bertz CT molecular complexity index is 1630. The van der Waals surface area contributed by atoms with Crippen LogP contribution < -0.4 is 21.7 Å². The van der Waals surface area contributed by atoms with Gasteiger partial charge in [0.05, 0.1) is 13.1 Å². The molecule has 1 aliphatic heterocycles. The number of fused-ring (bicyclic) bond motifs is 1. The predicted octanol–water partition coefficient (Wildman–Crippen LogP) is 3.52. The third-order valence-electron chi connectivity index (χ3n) is 7.90. The first-order valence-electron chi connectivity index (χ1n) is 15.0. The fraction of sp³-hybridized carbons (Fsp3) is 0.333. The Kier molecular flexibility index (Phi) is 11.1. The lowest BCUT2D eigenvalue weighted by molar-refractivity contribution is -0.128. The van der Waals surface area contributed by atoms with Crippen molar-refractivity contribution in [3.63, 3.8) is 0 Å². The van der Waals surface area contributed by atoms with Crippen LogP contribution in [0.25, 0.3) is 10.9 Å². The number of rotatable bonds is 13. The van der Waals surface area contributed by atoms with E-state index in [1.165, 1.54) is 12.8 Å². The van der Waals surface area contributed by atoms with Crippen LogP contribution in [0, 0.1) is 0 Å². The van der Waals surface area contributed by atoms with Crippen LogP contribution in [0.2, 0.25) is 10.0 Å². The van der Waals surface area contributed by atoms with Gasteiger partial charge in [0, 0.05) is 76.7 Å². The summed E-state index contributed by atoms with van der Waals surface area (Å²) < 4.78 is 2.07. The zero-order valence-electron chi connectivity index (χ0n) is 24.9. The molecule has 1 fully saturated rings. The van der Waals surface area contributed by atoms with Crippen molar-refractivity contribution in [1.82, 2.24) is 30.4 Å². The fourth-order valence-corrected chi connectivity index (χ4v) is 6.11. The summed E-state index contributed by atoms with van der Waals surface area (Å²) >= 11 is 13.0. The van der Waals surface area contributed by atoms with Crippen molar-refractivity contribution >= 4 is 51.8 Å². The Balaban J connectivity index is 1.31. The van der Waals surface area contributed by atoms with Gasteiger partial charge in [-0.1, -0.05) is 35.3 Å². The Hall–Kier alpha value is -3.96. The molecule has 2 aromatic heterocycles. The van der Waals surface area contributed by atoms with Crippen LogP contribution in [0.5, 0.6) is 0 Å². The van der Waals surface area contributed by atoms with Gasteiger partial charge in [0.25, 0.3) is 5.91 Å². The van der Waals surface area contributed by atoms with Crippen LogP contribution >= 0.6 is 23.2 Å². The molecule has 1 saturated heterocycles. The van der Waals surface area contributed by atoms with E-state index in [4.69, 9.17) is 28.9 Å². The Morgan fingerprint density at radius 3 is 2.40 bits per heavy atom. The normalized spacial score (nSPS) is 13.9. The maximum atomic E-state index is 13.3. The monoisotopic (exact) mass is 649 g/mol. The van der Waals surface area contributed by atoms with Crippen molar-refractivity contribution in [3.8, 4) is 0 Å². The van der Waals surface area contributed by atoms with E-state index in [-0.39, 0.29) is 32.0 Å². The molecular formula is C33H37Cl2N7O3. The molecule has 5 rings (SSSR count). The molecule has 0 saturated carbocycles. The van der Waals surface area contributed by atoms with E-state index in [9.17, 15) is 14.4 Å². The summed E-state index contributed by atoms with van der Waals surface area (Å²) in [6, 6.07) is 13.7. The lowest BCUT2D eigenvalue weighted by Gasteiger charge is -2.18. The molecule has 0 radical (unpaired) electrons. The standard InChI is InChI=1S/C33H37Cl2N7O3/c34-27-4-3-5-28(35)26(27)21-42-20-24(19-41-14-1-2-15-41)25-7-6-23(17-30(25)42)32(44)39-18-31(43)40-29(33(45)38-13-10-36)16-22-8-11-37-12-9-22/h3-9,11-12,17,20,29H,1-2,10,13-16,18-19,21,36H2,(H,38,45)(H,39,44)(H,40,43). The predicted molar refractivity (Wildman–Crippen MR) is 176 cm³/mol. The quantitative estimate of drug-likeness (QED) is 0.175. The van der Waals surface area contributed by atoms with Crippen molar-refractivity contribution in [2.75, 3.05) is 32.7 Å². The number of halogens is 2. The first kappa shape index (κ1) is 32.4. The molecular weight excluding hydrogens is 613 g/mol. The molecule has 1 unspecified atom stereocenters. The summed E-state index contributed by atoms with van der Waals surface area (Å²) in [5, 5.41) is 10.3. The van der Waals surface area contributed by atoms with Gasteiger partial charge in [-0.15, -0.1) is 0 Å². The molecule has 12 heteroatoms. The number of amides is 3. The van der Waals surface area contributed by atoms with Crippen molar-refractivity contribution in [3.05, 3.63) is 99.4 Å². The molecule has 4 aromatic rings. The van der Waals surface area contributed by atoms with E-state index < -0.39 is 17.9 Å². The summed E-state index contributed by atoms with van der Waals surface area (Å²) in [6.45, 7) is 3.62. The molecule has 3 amide bonds. The molecule has 45 heavy (non-hydrogen) atoms. The topological polar surface area (TPSA) is 134 Å². The Morgan fingerprint density at radius 1 is 0.956 bits per heavy atom. The molecule has 1 atom stereocenters. The zero-order chi connectivity index (χ0) is 31.8. The number of nitrogens with one attached hydrogen (secondary N) is 3. The van der Waals surface area contributed by atoms with Gasteiger partial charge in [0.15, 0.2) is 0 Å². The first-order chi connectivity index (χ1) is 21.8. The number of aromatic nitrogens is 2. The number of likely N-dealkylation sites (tertiary alicyclic amines) is 1. The molecule has 0 aliphatic carbocycles. The number of pyridine rings is 1. The van der Waals surface area contributed by atoms with Gasteiger partial charge in [-0.2, -0.15) is 0 Å². The van der Waals surface area contributed by atoms with E-state index in [1.54, 1.807) is 30.6 Å². The second kappa shape index (κ2) is 15.4. The Morgan fingerprint density at radius 2 is 1.69 bits per heavy atom. The van der Waals surface area contributed by atoms with E-state index in [0.717, 1.165) is 47.2 Å². The molecule has 5 N–H and O–H groups in total. The van der Waals surface area contributed by atoms with E-state index in [0.29, 0.717) is 22.2 Å². The summed E-state index contributed by atoms with van der Waals surface area (Å²) in [6.07, 6.45) is 8.00. The smallest absolute Gasteiger partial charge is 0.251 e. The highest BCUT2D eigenvalue weighted by Gasteiger charge is 2.22. The van der Waals surface area contributed by atoms with E-state index in [2.05, 4.69) is 36.6 Å². The highest BCUT2D eigenvalue weighted by atomic mass is 35.5. The van der Waals surface area contributed by atoms with Crippen LogP contribution in [0.4, 0.5) is 0 Å². The second-order valence-electron chi connectivity index (χ2n) is 11.1. The SMILES string of the molecule is NCCNC(=O)C(Cc1ccncc1)NC(=O)CNC(=O)c1ccc2c(CN3CCCC3)cn(Cc3c(Cl)cccc3Cl)c2c1. The van der Waals surface area contributed by atoms with E-state index in [1.807, 2.05) is 30.3 Å². The maximum absolute atomic E-state index is 13.3. The zero-order valence-corrected chi connectivity index (χ0v) is 26.4. The van der Waals surface area contributed by atoms with Gasteiger partial charge in [-0.3, -0.25) is 24.3 Å². The van der Waals surface area contributed by atoms with Crippen molar-refractivity contribution in [2.24, 2.45) is 5.73 Å². The highest BCUT2D eigenvalue weighted by molar-refractivity contribution is 6.36. The van der Waals surface area contributed by atoms with Crippen molar-refractivity contribution in [2.45, 2.75) is 38.4 Å². The van der Waals surface area contributed by atoms with Crippen LogP contribution in [0.1, 0.15) is 39.9 Å². The van der Waals surface area contributed by atoms with Crippen molar-refractivity contribution in [1.29, 1.82) is 0 Å². The van der Waals surface area contributed by atoms with Gasteiger partial charge in [-0.25, -0.2) is 0 Å². The summed E-state index contributed by atoms with van der Waals surface area (Å²) in [5.41, 5.74) is 9.59. The number of carbonyl (C=O) groups excluding carboxylic acids is 3. The van der Waals surface area contributed by atoms with Crippen molar-refractivity contribution < 1.29 is 14.4 Å². The number of carbonyl (C=O) groups is 3. The number of nitrogens with two attached hydrogens (primary N) is 1. The van der Waals surface area contributed by atoms with Crippen LogP contribution in [0.15, 0.2) is 67.1 Å². The third kappa shape index (κ3) is 8.40. The highest BCUT2D eigenvalue weighted by Crippen LogP contribution is 2.30. The second-order valence-corrected chi connectivity index (χ2v) is 12.0. The average Bonchev–Trinajstić information content (AvgIpc) is 3.68. The maximum Gasteiger partial charge on any atom is 0.251 e. The molecule has 0 spiro atoms. The number of hydrogen-bond acceptors (Lipinski definition) is 6. The summed E-state index contributed by atoms with van der Waals surface area (Å²) in [5.74, 6) is -1.25. The van der Waals surface area contributed by atoms with Crippen LogP contribution in [-0.4, -0.2) is 70.9 Å². The molecule has 10 nitrogen and oxygen atoms in total. The minimum Gasteiger partial charge on any atom is -0.353 e. The minimum atomic E-state index is -0.839. The van der Waals surface area contributed by atoms with Gasteiger partial charge in [0.2, 0.25) is 11.8 Å². The van der Waals surface area contributed by atoms with Crippen LogP contribution in [0.3, 0.4) is 0 Å².